The second kappa shape index (κ2) is 6.20. The monoisotopic (exact) mass is 251 g/mol. The molecule has 0 atom stereocenters. The summed E-state index contributed by atoms with van der Waals surface area (Å²) in [7, 11) is 0. The average molecular weight is 251 g/mol. The lowest BCUT2D eigenvalue weighted by atomic mass is 10.1. The zero-order valence-corrected chi connectivity index (χ0v) is 11.1. The number of hydrogen-bond acceptors (Lipinski definition) is 5. The van der Waals surface area contributed by atoms with E-state index in [2.05, 4.69) is 21.0 Å². The molecule has 18 heavy (non-hydrogen) atoms. The van der Waals surface area contributed by atoms with Crippen molar-refractivity contribution in [3.63, 3.8) is 0 Å². The Kier molecular flexibility index (Phi) is 4.91. The molecule has 0 saturated carbocycles. The van der Waals surface area contributed by atoms with Crippen LogP contribution in [-0.4, -0.2) is 23.0 Å². The fraction of sp³-hybridized carbons (Fsp3) is 0.500. The number of carbonyl (C=O) groups is 1. The third kappa shape index (κ3) is 5.49. The van der Waals surface area contributed by atoms with E-state index in [0.717, 1.165) is 0 Å². The maximum absolute atomic E-state index is 11.6. The zero-order valence-electron chi connectivity index (χ0n) is 11.1. The molecule has 0 aliphatic heterocycles. The van der Waals surface area contributed by atoms with E-state index in [1.807, 2.05) is 32.9 Å². The highest BCUT2D eigenvalue weighted by atomic mass is 16.1. The van der Waals surface area contributed by atoms with Gasteiger partial charge in [0.05, 0.1) is 0 Å². The molecule has 1 heterocycles. The highest BCUT2D eigenvalue weighted by Crippen LogP contribution is 2.07. The van der Waals surface area contributed by atoms with Crippen LogP contribution < -0.4 is 21.9 Å². The van der Waals surface area contributed by atoms with Gasteiger partial charge in [-0.3, -0.25) is 4.79 Å². The van der Waals surface area contributed by atoms with Crippen LogP contribution in [0.25, 0.3) is 0 Å². The fourth-order valence-corrected chi connectivity index (χ4v) is 1.40. The molecule has 0 aromatic carbocycles. The Bertz CT molecular complexity index is 400. The minimum atomic E-state index is -0.196. The van der Waals surface area contributed by atoms with E-state index in [9.17, 15) is 4.79 Å². The smallest absolute Gasteiger partial charge is 0.222 e. The first-order valence-electron chi connectivity index (χ1n) is 5.89. The Morgan fingerprint density at radius 1 is 1.33 bits per heavy atom. The number of hydrogen-bond donors (Lipinski definition) is 4. The molecule has 1 rings (SSSR count). The van der Waals surface area contributed by atoms with Gasteiger partial charge in [0.1, 0.15) is 11.6 Å². The highest BCUT2D eigenvalue weighted by molar-refractivity contribution is 5.77. The number of nitrogens with two attached hydrogens (primary N) is 1. The summed E-state index contributed by atoms with van der Waals surface area (Å²) in [4.78, 5) is 15.8. The van der Waals surface area contributed by atoms with Crippen LogP contribution in [0.3, 0.4) is 0 Å². The summed E-state index contributed by atoms with van der Waals surface area (Å²) in [6.07, 6.45) is 0.402. The Balaban J connectivity index is 2.35. The molecule has 0 radical (unpaired) electrons. The maximum Gasteiger partial charge on any atom is 0.222 e. The van der Waals surface area contributed by atoms with Crippen molar-refractivity contribution in [1.29, 1.82) is 0 Å². The standard InChI is InChI=1S/C12H21N5O/c1-12(2,3)16-11(18)7-8-14-9-5-4-6-10(15-9)17-13/h4-6H,7-8,13H2,1-3H3,(H,16,18)(H2,14,15,17). The fourth-order valence-electron chi connectivity index (χ4n) is 1.40. The van der Waals surface area contributed by atoms with Crippen LogP contribution >= 0.6 is 0 Å². The topological polar surface area (TPSA) is 92.1 Å². The molecule has 0 fully saturated rings. The summed E-state index contributed by atoms with van der Waals surface area (Å²) in [5.74, 6) is 6.55. The Morgan fingerprint density at radius 3 is 2.61 bits per heavy atom. The van der Waals surface area contributed by atoms with Crippen LogP contribution in [0.4, 0.5) is 11.6 Å². The van der Waals surface area contributed by atoms with Crippen LogP contribution in [0.1, 0.15) is 27.2 Å². The second-order valence-corrected chi connectivity index (χ2v) is 5.03. The van der Waals surface area contributed by atoms with Crippen LogP contribution in [-0.2, 0) is 4.79 Å². The number of aromatic nitrogens is 1. The molecule has 5 N–H and O–H groups in total. The van der Waals surface area contributed by atoms with Crippen molar-refractivity contribution in [2.45, 2.75) is 32.7 Å². The van der Waals surface area contributed by atoms with Crippen LogP contribution in [0.15, 0.2) is 18.2 Å². The zero-order chi connectivity index (χ0) is 13.6. The molecular formula is C12H21N5O. The van der Waals surface area contributed by atoms with Gasteiger partial charge in [-0.25, -0.2) is 10.8 Å². The van der Waals surface area contributed by atoms with Crippen molar-refractivity contribution >= 4 is 17.5 Å². The Labute approximate surface area is 107 Å². The molecule has 0 unspecified atom stereocenters. The van der Waals surface area contributed by atoms with Gasteiger partial charge in [-0.05, 0) is 32.9 Å². The summed E-state index contributed by atoms with van der Waals surface area (Å²) in [6.45, 7) is 6.39. The van der Waals surface area contributed by atoms with Crippen LogP contribution in [0.5, 0.6) is 0 Å². The minimum absolute atomic E-state index is 0.0168. The Morgan fingerprint density at radius 2 is 2.00 bits per heavy atom. The number of amides is 1. The normalized spacial score (nSPS) is 10.9. The van der Waals surface area contributed by atoms with Gasteiger partial charge >= 0.3 is 0 Å². The van der Waals surface area contributed by atoms with Gasteiger partial charge in [-0.1, -0.05) is 6.07 Å². The van der Waals surface area contributed by atoms with Gasteiger partial charge < -0.3 is 16.1 Å². The van der Waals surface area contributed by atoms with Gasteiger partial charge in [0, 0.05) is 18.5 Å². The number of hydrazine groups is 1. The number of nitrogens with zero attached hydrogens (tertiary/aromatic N) is 1. The number of nitrogens with one attached hydrogen (secondary N) is 3. The molecule has 6 nitrogen and oxygen atoms in total. The maximum atomic E-state index is 11.6. The van der Waals surface area contributed by atoms with E-state index >= 15 is 0 Å². The SMILES string of the molecule is CC(C)(C)NC(=O)CCNc1cccc(NN)n1. The lowest BCUT2D eigenvalue weighted by Gasteiger charge is -2.20. The van der Waals surface area contributed by atoms with Crippen molar-refractivity contribution in [3.05, 3.63) is 18.2 Å². The molecule has 0 aliphatic carbocycles. The van der Waals surface area contributed by atoms with Crippen molar-refractivity contribution in [2.24, 2.45) is 5.84 Å². The molecule has 6 heteroatoms. The summed E-state index contributed by atoms with van der Waals surface area (Å²) in [5, 5.41) is 5.96. The van der Waals surface area contributed by atoms with Crippen molar-refractivity contribution < 1.29 is 4.79 Å². The summed E-state index contributed by atoms with van der Waals surface area (Å²) in [5.41, 5.74) is 2.27. The van der Waals surface area contributed by atoms with Gasteiger partial charge in [0.2, 0.25) is 5.91 Å². The number of pyridine rings is 1. The minimum Gasteiger partial charge on any atom is -0.369 e. The lowest BCUT2D eigenvalue weighted by molar-refractivity contribution is -0.122. The summed E-state index contributed by atoms with van der Waals surface area (Å²) < 4.78 is 0. The first kappa shape index (κ1) is 14.2. The summed E-state index contributed by atoms with van der Waals surface area (Å²) in [6, 6.07) is 5.42. The molecule has 1 aromatic rings. The molecule has 0 spiro atoms. The predicted octanol–water partition coefficient (Wildman–Crippen LogP) is 1.08. The van der Waals surface area contributed by atoms with Crippen LogP contribution in [0, 0.1) is 0 Å². The lowest BCUT2D eigenvalue weighted by Crippen LogP contribution is -2.41. The molecule has 0 aliphatic rings. The first-order chi connectivity index (χ1) is 8.40. The number of carbonyl (C=O) groups excluding carboxylic acids is 1. The molecule has 0 saturated heterocycles. The predicted molar refractivity (Wildman–Crippen MR) is 73.0 cm³/mol. The molecule has 0 bridgehead atoms. The van der Waals surface area contributed by atoms with Crippen LogP contribution in [0.2, 0.25) is 0 Å². The van der Waals surface area contributed by atoms with E-state index in [1.54, 1.807) is 6.07 Å². The van der Waals surface area contributed by atoms with Crippen molar-refractivity contribution in [3.8, 4) is 0 Å². The summed E-state index contributed by atoms with van der Waals surface area (Å²) >= 11 is 0. The number of rotatable bonds is 5. The third-order valence-electron chi connectivity index (χ3n) is 2.07. The molecular weight excluding hydrogens is 230 g/mol. The van der Waals surface area contributed by atoms with E-state index in [-0.39, 0.29) is 11.4 Å². The van der Waals surface area contributed by atoms with Gasteiger partial charge in [-0.2, -0.15) is 0 Å². The Hall–Kier alpha value is -1.82. The largest absolute Gasteiger partial charge is 0.369 e. The number of anilines is 2. The quantitative estimate of drug-likeness (QED) is 0.464. The molecule has 1 aromatic heterocycles. The van der Waals surface area contributed by atoms with Gasteiger partial charge in [0.25, 0.3) is 0 Å². The third-order valence-corrected chi connectivity index (χ3v) is 2.07. The molecule has 1 amide bonds. The second-order valence-electron chi connectivity index (χ2n) is 5.03. The van der Waals surface area contributed by atoms with E-state index in [1.165, 1.54) is 0 Å². The molecule has 100 valence electrons. The highest BCUT2D eigenvalue weighted by Gasteiger charge is 2.12. The van der Waals surface area contributed by atoms with Crippen molar-refractivity contribution in [2.75, 3.05) is 17.3 Å². The van der Waals surface area contributed by atoms with E-state index in [0.29, 0.717) is 24.6 Å². The van der Waals surface area contributed by atoms with Crippen molar-refractivity contribution in [1.82, 2.24) is 10.3 Å². The average Bonchev–Trinajstić information content (AvgIpc) is 2.27. The number of nitrogen functional groups attached to an aromatic ring is 1. The van der Waals surface area contributed by atoms with Gasteiger partial charge in [0.15, 0.2) is 0 Å². The van der Waals surface area contributed by atoms with E-state index < -0.39 is 0 Å². The van der Waals surface area contributed by atoms with Gasteiger partial charge in [-0.15, -0.1) is 0 Å². The van der Waals surface area contributed by atoms with E-state index in [4.69, 9.17) is 5.84 Å². The first-order valence-corrected chi connectivity index (χ1v) is 5.89.